The van der Waals surface area contributed by atoms with Gasteiger partial charge in [-0.15, -0.1) is 34.0 Å². The Kier molecular flexibility index (Phi) is 10.0. The monoisotopic (exact) mass is 339 g/mol. The normalized spacial score (nSPS) is 10.1. The predicted octanol–water partition coefficient (Wildman–Crippen LogP) is 2.33. The first-order valence-electron chi connectivity index (χ1n) is 3.99. The molecule has 1 rings (SSSR count). The molecule has 86 valence electrons. The van der Waals surface area contributed by atoms with Crippen LogP contribution in [0.15, 0.2) is 29.3 Å². The van der Waals surface area contributed by atoms with Crippen LogP contribution in [0, 0.1) is 0 Å². The number of amidine groups is 1. The van der Waals surface area contributed by atoms with Crippen molar-refractivity contribution < 1.29 is 5.21 Å². The lowest BCUT2D eigenvalue weighted by molar-refractivity contribution is 0.161. The van der Waals surface area contributed by atoms with E-state index in [1.807, 2.05) is 24.3 Å². The highest BCUT2D eigenvalue weighted by Gasteiger charge is 1.92. The smallest absolute Gasteiger partial charge is 0.0964 e. The first-order chi connectivity index (χ1) is 6.22. The van der Waals surface area contributed by atoms with Crippen molar-refractivity contribution in [1.82, 2.24) is 5.48 Å². The molecule has 0 atom stereocenters. The molecule has 0 unspecified atom stereocenters. The molecule has 0 saturated heterocycles. The zero-order chi connectivity index (χ0) is 9.68. The highest BCUT2D eigenvalue weighted by molar-refractivity contribution is 8.93. The van der Waals surface area contributed by atoms with Gasteiger partial charge < -0.3 is 10.9 Å². The second-order valence-corrected chi connectivity index (χ2v) is 2.75. The van der Waals surface area contributed by atoms with Gasteiger partial charge in [-0.1, -0.05) is 12.1 Å². The third-order valence-electron chi connectivity index (χ3n) is 1.52. The maximum atomic E-state index is 8.44. The summed E-state index contributed by atoms with van der Waals surface area (Å²) in [6, 6.07) is 7.46. The van der Waals surface area contributed by atoms with Gasteiger partial charge in [0.1, 0.15) is 0 Å². The second kappa shape index (κ2) is 8.84. The van der Waals surface area contributed by atoms with Crippen LogP contribution in [0.2, 0.25) is 0 Å². The lowest BCUT2D eigenvalue weighted by Crippen LogP contribution is -2.05. The molecule has 0 spiro atoms. The van der Waals surface area contributed by atoms with E-state index in [1.54, 1.807) is 6.92 Å². The molecule has 4 nitrogen and oxygen atoms in total. The van der Waals surface area contributed by atoms with Gasteiger partial charge >= 0.3 is 0 Å². The topological polar surface area (TPSA) is 70.6 Å². The Hall–Kier alpha value is -0.430. The quantitative estimate of drug-likeness (QED) is 0.449. The molecular formula is C9H15Br2N3O. The Morgan fingerprint density at radius 3 is 2.27 bits per heavy atom. The third-order valence-corrected chi connectivity index (χ3v) is 1.52. The number of hydrogen-bond donors (Lipinski definition) is 3. The zero-order valence-electron chi connectivity index (χ0n) is 8.30. The number of hydrogen-bond acceptors (Lipinski definition) is 3. The molecule has 0 aliphatic carbocycles. The summed E-state index contributed by atoms with van der Waals surface area (Å²) >= 11 is 0. The average Bonchev–Trinajstić information content (AvgIpc) is 2.08. The number of halogens is 2. The zero-order valence-corrected chi connectivity index (χ0v) is 11.7. The van der Waals surface area contributed by atoms with Gasteiger partial charge in [-0.2, -0.15) is 0 Å². The van der Waals surface area contributed by atoms with Gasteiger partial charge in [-0.25, -0.2) is 10.5 Å². The van der Waals surface area contributed by atoms with Crippen molar-refractivity contribution in [3.05, 3.63) is 29.8 Å². The molecule has 1 aromatic rings. The maximum absolute atomic E-state index is 8.44. The van der Waals surface area contributed by atoms with Gasteiger partial charge in [0, 0.05) is 6.54 Å². The van der Waals surface area contributed by atoms with Crippen LogP contribution in [0.5, 0.6) is 0 Å². The van der Waals surface area contributed by atoms with Crippen LogP contribution in [-0.4, -0.2) is 11.0 Å². The Bertz CT molecular complexity index is 297. The number of hydroxylamine groups is 1. The standard InChI is InChI=1S/C9H13N3O.2BrH/c1-7(10)12-9-4-2-8(3-5-9)6-11-13;;/h2-5,11,13H,6H2,1H3,(H2,10,12);2*1H. The Morgan fingerprint density at radius 2 is 1.87 bits per heavy atom. The van der Waals surface area contributed by atoms with Crippen LogP contribution in [0.1, 0.15) is 12.5 Å². The number of nitrogens with zero attached hydrogens (tertiary/aromatic N) is 1. The van der Waals surface area contributed by atoms with Gasteiger partial charge in [0.25, 0.3) is 0 Å². The fourth-order valence-electron chi connectivity index (χ4n) is 0.983. The molecule has 0 aliphatic heterocycles. The van der Waals surface area contributed by atoms with E-state index in [2.05, 4.69) is 10.5 Å². The molecule has 0 bridgehead atoms. The summed E-state index contributed by atoms with van der Waals surface area (Å²) in [7, 11) is 0. The van der Waals surface area contributed by atoms with Gasteiger partial charge in [0.2, 0.25) is 0 Å². The van der Waals surface area contributed by atoms with E-state index in [-0.39, 0.29) is 34.0 Å². The summed E-state index contributed by atoms with van der Waals surface area (Å²) in [6.07, 6.45) is 0. The lowest BCUT2D eigenvalue weighted by atomic mass is 10.2. The van der Waals surface area contributed by atoms with E-state index >= 15 is 0 Å². The number of aliphatic imine (C=N–C) groups is 1. The molecule has 0 radical (unpaired) electrons. The van der Waals surface area contributed by atoms with Crippen LogP contribution in [-0.2, 0) is 6.54 Å². The number of benzene rings is 1. The highest BCUT2D eigenvalue weighted by atomic mass is 79.9. The molecule has 6 heteroatoms. The van der Waals surface area contributed by atoms with Crippen molar-refractivity contribution >= 4 is 45.5 Å². The third kappa shape index (κ3) is 6.62. The summed E-state index contributed by atoms with van der Waals surface area (Å²) in [4.78, 5) is 4.07. The molecule has 0 saturated carbocycles. The molecule has 0 aromatic heterocycles. The molecule has 0 aliphatic rings. The lowest BCUT2D eigenvalue weighted by Gasteiger charge is -1.99. The Morgan fingerprint density at radius 1 is 1.33 bits per heavy atom. The minimum Gasteiger partial charge on any atom is -0.387 e. The van der Waals surface area contributed by atoms with Crippen LogP contribution in [0.25, 0.3) is 0 Å². The average molecular weight is 341 g/mol. The minimum absolute atomic E-state index is 0. The predicted molar refractivity (Wildman–Crippen MR) is 72.7 cm³/mol. The molecule has 1 aromatic carbocycles. The molecule has 0 amide bonds. The van der Waals surface area contributed by atoms with Crippen LogP contribution in [0.4, 0.5) is 5.69 Å². The Balaban J connectivity index is 0. The van der Waals surface area contributed by atoms with Crippen molar-refractivity contribution in [3.8, 4) is 0 Å². The SMILES string of the molecule is Br.Br.CC(N)=Nc1ccc(CNO)cc1. The van der Waals surface area contributed by atoms with Crippen molar-refractivity contribution in [1.29, 1.82) is 0 Å². The first-order valence-corrected chi connectivity index (χ1v) is 3.99. The molecule has 0 fully saturated rings. The number of rotatable bonds is 3. The molecular weight excluding hydrogens is 326 g/mol. The van der Waals surface area contributed by atoms with E-state index in [0.717, 1.165) is 11.3 Å². The minimum atomic E-state index is 0. The van der Waals surface area contributed by atoms with Crippen molar-refractivity contribution in [2.24, 2.45) is 10.7 Å². The van der Waals surface area contributed by atoms with Crippen LogP contribution >= 0.6 is 34.0 Å². The van der Waals surface area contributed by atoms with E-state index in [1.165, 1.54) is 0 Å². The summed E-state index contributed by atoms with van der Waals surface area (Å²) in [5, 5.41) is 8.44. The fourth-order valence-corrected chi connectivity index (χ4v) is 0.983. The molecule has 15 heavy (non-hydrogen) atoms. The van der Waals surface area contributed by atoms with Gasteiger partial charge in [-0.05, 0) is 24.6 Å². The highest BCUT2D eigenvalue weighted by Crippen LogP contribution is 2.12. The number of nitrogens with two attached hydrogens (primary N) is 1. The van der Waals surface area contributed by atoms with Crippen LogP contribution in [0.3, 0.4) is 0 Å². The second-order valence-electron chi connectivity index (χ2n) is 2.75. The fraction of sp³-hybridized carbons (Fsp3) is 0.222. The first kappa shape index (κ1) is 17.0. The van der Waals surface area contributed by atoms with E-state index in [4.69, 9.17) is 10.9 Å². The summed E-state index contributed by atoms with van der Waals surface area (Å²) in [6.45, 7) is 2.18. The summed E-state index contributed by atoms with van der Waals surface area (Å²) in [5.74, 6) is 0.535. The summed E-state index contributed by atoms with van der Waals surface area (Å²) < 4.78 is 0. The van der Waals surface area contributed by atoms with Crippen molar-refractivity contribution in [3.63, 3.8) is 0 Å². The maximum Gasteiger partial charge on any atom is 0.0964 e. The number of nitrogens with one attached hydrogen (secondary N) is 1. The molecule has 0 heterocycles. The van der Waals surface area contributed by atoms with E-state index < -0.39 is 0 Å². The van der Waals surface area contributed by atoms with E-state index in [9.17, 15) is 0 Å². The van der Waals surface area contributed by atoms with Gasteiger partial charge in [-0.3, -0.25) is 0 Å². The largest absolute Gasteiger partial charge is 0.387 e. The molecule has 4 N–H and O–H groups in total. The van der Waals surface area contributed by atoms with Crippen LogP contribution < -0.4 is 11.2 Å². The van der Waals surface area contributed by atoms with Gasteiger partial charge in [0.05, 0.1) is 11.5 Å². The summed E-state index contributed by atoms with van der Waals surface area (Å²) in [5.41, 5.74) is 9.32. The Labute approximate surface area is 110 Å². The van der Waals surface area contributed by atoms with Crippen molar-refractivity contribution in [2.75, 3.05) is 0 Å². The van der Waals surface area contributed by atoms with Gasteiger partial charge in [0.15, 0.2) is 0 Å². The van der Waals surface area contributed by atoms with Crippen molar-refractivity contribution in [2.45, 2.75) is 13.5 Å². The van der Waals surface area contributed by atoms with E-state index in [0.29, 0.717) is 12.4 Å².